The van der Waals surface area contributed by atoms with Crippen molar-refractivity contribution in [1.82, 2.24) is 0 Å². The standard InChI is InChI=1S/C15H14Cl2O5S/c1-2-21-9-22-10-3-5-11(6-4-10)23(19,20)12-7-13(16)15(18)14(17)8-12/h3-8,18H,2,9H2,1H3. The molecule has 0 radical (unpaired) electrons. The van der Waals surface area contributed by atoms with Gasteiger partial charge in [-0.3, -0.25) is 0 Å². The fourth-order valence-electron chi connectivity index (χ4n) is 1.74. The number of aromatic hydroxyl groups is 1. The van der Waals surface area contributed by atoms with E-state index in [-0.39, 0.29) is 32.4 Å². The topological polar surface area (TPSA) is 72.8 Å². The van der Waals surface area contributed by atoms with Gasteiger partial charge in [-0.2, -0.15) is 0 Å². The predicted octanol–water partition coefficient (Wildman–Crippen LogP) is 3.90. The quantitative estimate of drug-likeness (QED) is 0.611. The van der Waals surface area contributed by atoms with Crippen LogP contribution in [0.15, 0.2) is 46.2 Å². The molecule has 0 saturated carbocycles. The number of hydrogen-bond donors (Lipinski definition) is 1. The molecule has 0 unspecified atom stereocenters. The van der Waals surface area contributed by atoms with Gasteiger partial charge in [0.15, 0.2) is 12.5 Å². The molecule has 0 atom stereocenters. The third-order valence-electron chi connectivity index (χ3n) is 2.95. The molecule has 1 N–H and O–H groups in total. The number of ether oxygens (including phenoxy) is 2. The molecule has 0 aliphatic rings. The Balaban J connectivity index is 2.29. The second-order valence-electron chi connectivity index (χ2n) is 4.47. The van der Waals surface area contributed by atoms with Gasteiger partial charge in [0.25, 0.3) is 0 Å². The number of benzene rings is 2. The summed E-state index contributed by atoms with van der Waals surface area (Å²) in [5, 5.41) is 9.26. The lowest BCUT2D eigenvalue weighted by Gasteiger charge is -2.09. The van der Waals surface area contributed by atoms with Gasteiger partial charge in [0, 0.05) is 6.61 Å². The van der Waals surface area contributed by atoms with Crippen LogP contribution in [0, 0.1) is 0 Å². The maximum absolute atomic E-state index is 12.6. The fourth-order valence-corrected chi connectivity index (χ4v) is 3.67. The Hall–Kier alpha value is -1.47. The minimum absolute atomic E-state index is 0.0547. The lowest BCUT2D eigenvalue weighted by molar-refractivity contribution is 0.0224. The van der Waals surface area contributed by atoms with Crippen LogP contribution in [0.4, 0.5) is 0 Å². The first kappa shape index (κ1) is 17.9. The van der Waals surface area contributed by atoms with Crippen molar-refractivity contribution >= 4 is 33.0 Å². The average Bonchev–Trinajstić information content (AvgIpc) is 2.53. The van der Waals surface area contributed by atoms with Crippen LogP contribution in [-0.4, -0.2) is 26.9 Å². The molecule has 5 nitrogen and oxygen atoms in total. The van der Waals surface area contributed by atoms with Crippen molar-refractivity contribution in [1.29, 1.82) is 0 Å². The number of phenols is 1. The first-order valence-corrected chi connectivity index (χ1v) is 8.84. The van der Waals surface area contributed by atoms with Gasteiger partial charge in [-0.1, -0.05) is 23.2 Å². The molecule has 124 valence electrons. The van der Waals surface area contributed by atoms with Gasteiger partial charge >= 0.3 is 0 Å². The van der Waals surface area contributed by atoms with E-state index in [9.17, 15) is 13.5 Å². The number of sulfone groups is 1. The zero-order valence-electron chi connectivity index (χ0n) is 12.1. The largest absolute Gasteiger partial charge is 0.505 e. The Bertz CT molecular complexity index is 765. The van der Waals surface area contributed by atoms with E-state index in [1.165, 1.54) is 24.3 Å². The lowest BCUT2D eigenvalue weighted by atomic mass is 10.3. The molecule has 2 aromatic rings. The van der Waals surface area contributed by atoms with E-state index >= 15 is 0 Å². The van der Waals surface area contributed by atoms with Gasteiger partial charge in [0.1, 0.15) is 5.75 Å². The highest BCUT2D eigenvalue weighted by Crippen LogP contribution is 2.36. The third kappa shape index (κ3) is 4.09. The molecule has 0 heterocycles. The van der Waals surface area contributed by atoms with Crippen LogP contribution < -0.4 is 4.74 Å². The normalized spacial score (nSPS) is 11.4. The lowest BCUT2D eigenvalue weighted by Crippen LogP contribution is -2.04. The van der Waals surface area contributed by atoms with Gasteiger partial charge in [0.2, 0.25) is 9.84 Å². The van der Waals surface area contributed by atoms with Crippen molar-refractivity contribution in [2.45, 2.75) is 16.7 Å². The van der Waals surface area contributed by atoms with E-state index in [1.807, 2.05) is 6.92 Å². The molecule has 2 rings (SSSR count). The molecule has 0 aromatic heterocycles. The first-order valence-electron chi connectivity index (χ1n) is 6.60. The molecule has 23 heavy (non-hydrogen) atoms. The van der Waals surface area contributed by atoms with Crippen LogP contribution in [0.5, 0.6) is 11.5 Å². The summed E-state index contributed by atoms with van der Waals surface area (Å²) in [5.74, 6) is 0.131. The molecule has 0 saturated heterocycles. The van der Waals surface area contributed by atoms with Crippen LogP contribution in [0.1, 0.15) is 6.92 Å². The molecular weight excluding hydrogens is 363 g/mol. The van der Waals surface area contributed by atoms with Gasteiger partial charge in [-0.25, -0.2) is 8.42 Å². The van der Waals surface area contributed by atoms with Crippen LogP contribution in [0.25, 0.3) is 0 Å². The number of halogens is 2. The van der Waals surface area contributed by atoms with E-state index in [0.717, 1.165) is 12.1 Å². The Kier molecular flexibility index (Phi) is 5.75. The van der Waals surface area contributed by atoms with Gasteiger partial charge < -0.3 is 14.6 Å². The molecule has 0 spiro atoms. The van der Waals surface area contributed by atoms with Gasteiger partial charge in [-0.15, -0.1) is 0 Å². The SMILES string of the molecule is CCOCOc1ccc(S(=O)(=O)c2cc(Cl)c(O)c(Cl)c2)cc1. The number of rotatable bonds is 6. The Morgan fingerprint density at radius 2 is 1.61 bits per heavy atom. The highest BCUT2D eigenvalue weighted by Gasteiger charge is 2.20. The molecule has 0 amide bonds. The van der Waals surface area contributed by atoms with Crippen molar-refractivity contribution in [3.05, 3.63) is 46.4 Å². The zero-order chi connectivity index (χ0) is 17.0. The molecule has 8 heteroatoms. The van der Waals surface area contributed by atoms with Crippen LogP contribution in [-0.2, 0) is 14.6 Å². The zero-order valence-corrected chi connectivity index (χ0v) is 14.5. The monoisotopic (exact) mass is 376 g/mol. The van der Waals surface area contributed by atoms with Gasteiger partial charge in [0.05, 0.1) is 19.8 Å². The molecular formula is C15H14Cl2O5S. The Labute approximate surface area is 144 Å². The second-order valence-corrected chi connectivity index (χ2v) is 7.23. The van der Waals surface area contributed by atoms with E-state index in [1.54, 1.807) is 0 Å². The summed E-state index contributed by atoms with van der Waals surface area (Å²) < 4.78 is 35.4. The second kappa shape index (κ2) is 7.40. The van der Waals surface area contributed by atoms with Crippen molar-refractivity contribution in [2.24, 2.45) is 0 Å². The van der Waals surface area contributed by atoms with Crippen molar-refractivity contribution in [2.75, 3.05) is 13.4 Å². The van der Waals surface area contributed by atoms with E-state index in [0.29, 0.717) is 12.4 Å². The minimum atomic E-state index is -3.81. The van der Waals surface area contributed by atoms with Crippen molar-refractivity contribution in [3.63, 3.8) is 0 Å². The maximum Gasteiger partial charge on any atom is 0.206 e. The highest BCUT2D eigenvalue weighted by atomic mass is 35.5. The minimum Gasteiger partial charge on any atom is -0.505 e. The highest BCUT2D eigenvalue weighted by molar-refractivity contribution is 7.91. The number of hydrogen-bond acceptors (Lipinski definition) is 5. The van der Waals surface area contributed by atoms with Crippen molar-refractivity contribution < 1.29 is 23.0 Å². The fraction of sp³-hybridized carbons (Fsp3) is 0.200. The summed E-state index contributed by atoms with van der Waals surface area (Å²) in [4.78, 5) is -0.0487. The molecule has 0 bridgehead atoms. The Morgan fingerprint density at radius 1 is 1.04 bits per heavy atom. The van der Waals surface area contributed by atoms with Crippen LogP contribution >= 0.6 is 23.2 Å². The van der Waals surface area contributed by atoms with E-state index in [2.05, 4.69) is 0 Å². The smallest absolute Gasteiger partial charge is 0.206 e. The van der Waals surface area contributed by atoms with Crippen molar-refractivity contribution in [3.8, 4) is 11.5 Å². The van der Waals surface area contributed by atoms with E-state index in [4.69, 9.17) is 32.7 Å². The average molecular weight is 377 g/mol. The molecule has 0 aliphatic heterocycles. The summed E-state index contributed by atoms with van der Waals surface area (Å²) in [6, 6.07) is 8.16. The summed E-state index contributed by atoms with van der Waals surface area (Å²) in [5.41, 5.74) is 0. The summed E-state index contributed by atoms with van der Waals surface area (Å²) in [6.07, 6.45) is 0. The Morgan fingerprint density at radius 3 is 2.13 bits per heavy atom. The van der Waals surface area contributed by atoms with Crippen LogP contribution in [0.2, 0.25) is 10.0 Å². The molecule has 0 fully saturated rings. The maximum atomic E-state index is 12.6. The molecule has 2 aromatic carbocycles. The summed E-state index contributed by atoms with van der Waals surface area (Å²) >= 11 is 11.6. The molecule has 0 aliphatic carbocycles. The summed E-state index contributed by atoms with van der Waals surface area (Å²) in [7, 11) is -3.81. The summed E-state index contributed by atoms with van der Waals surface area (Å²) in [6.45, 7) is 2.45. The van der Waals surface area contributed by atoms with E-state index < -0.39 is 9.84 Å². The first-order chi connectivity index (χ1) is 10.9. The van der Waals surface area contributed by atoms with Gasteiger partial charge in [-0.05, 0) is 43.3 Å². The predicted molar refractivity (Wildman–Crippen MR) is 87.1 cm³/mol. The van der Waals surface area contributed by atoms with Crippen LogP contribution in [0.3, 0.4) is 0 Å². The third-order valence-corrected chi connectivity index (χ3v) is 5.27. The number of phenolic OH excluding ortho intramolecular Hbond substituents is 1.